The fourth-order valence-electron chi connectivity index (χ4n) is 1.79. The maximum Gasteiger partial charge on any atom is 0.337 e. The quantitative estimate of drug-likeness (QED) is 0.909. The van der Waals surface area contributed by atoms with Crippen molar-refractivity contribution in [1.82, 2.24) is 0 Å². The molecule has 94 valence electrons. The molecule has 19 heavy (non-hydrogen) atoms. The van der Waals surface area contributed by atoms with Crippen LogP contribution in [0.5, 0.6) is 0 Å². The van der Waals surface area contributed by atoms with Crippen LogP contribution in [0.1, 0.15) is 15.9 Å². The lowest BCUT2D eigenvalue weighted by molar-refractivity contribution is 0.0698. The van der Waals surface area contributed by atoms with E-state index in [9.17, 15) is 9.18 Å². The number of hydrogen-bond acceptors (Lipinski definition) is 2. The van der Waals surface area contributed by atoms with Gasteiger partial charge in [0, 0.05) is 11.1 Å². The molecule has 0 fully saturated rings. The minimum atomic E-state index is -1.25. The number of nitriles is 1. The Morgan fingerprint density at radius 2 is 1.84 bits per heavy atom. The third-order valence-corrected chi connectivity index (χ3v) is 2.95. The van der Waals surface area contributed by atoms with Gasteiger partial charge in [0.25, 0.3) is 0 Å². The number of benzene rings is 2. The van der Waals surface area contributed by atoms with Gasteiger partial charge in [0.05, 0.1) is 16.1 Å². The maximum absolute atomic E-state index is 14.1. The van der Waals surface area contributed by atoms with E-state index in [-0.39, 0.29) is 27.3 Å². The first-order valence-electron chi connectivity index (χ1n) is 5.27. The molecule has 3 nitrogen and oxygen atoms in total. The van der Waals surface area contributed by atoms with E-state index in [1.807, 2.05) is 0 Å². The zero-order valence-corrected chi connectivity index (χ0v) is 10.3. The molecule has 0 bridgehead atoms. The van der Waals surface area contributed by atoms with Gasteiger partial charge >= 0.3 is 5.97 Å². The Bertz CT molecular complexity index is 707. The summed E-state index contributed by atoms with van der Waals surface area (Å²) in [4.78, 5) is 11.2. The van der Waals surface area contributed by atoms with Crippen molar-refractivity contribution in [3.05, 3.63) is 58.4 Å². The van der Waals surface area contributed by atoms with Gasteiger partial charge < -0.3 is 5.11 Å². The summed E-state index contributed by atoms with van der Waals surface area (Å²) < 4.78 is 14.1. The van der Waals surface area contributed by atoms with Gasteiger partial charge in [0.15, 0.2) is 0 Å². The average Bonchev–Trinajstić information content (AvgIpc) is 2.38. The van der Waals surface area contributed by atoms with Crippen LogP contribution in [0, 0.1) is 17.1 Å². The Hall–Kier alpha value is -2.38. The van der Waals surface area contributed by atoms with E-state index in [0.717, 1.165) is 0 Å². The molecule has 0 atom stereocenters. The molecular formula is C14H7ClFNO2. The van der Waals surface area contributed by atoms with Crippen LogP contribution in [0.2, 0.25) is 5.02 Å². The fraction of sp³-hybridized carbons (Fsp3) is 0. The van der Waals surface area contributed by atoms with Crippen LogP contribution in [0.3, 0.4) is 0 Å². The molecule has 0 radical (unpaired) electrons. The predicted molar refractivity (Wildman–Crippen MR) is 68.5 cm³/mol. The summed E-state index contributed by atoms with van der Waals surface area (Å²) in [6, 6.07) is 10.3. The van der Waals surface area contributed by atoms with Gasteiger partial charge in [0.2, 0.25) is 0 Å². The molecule has 0 aliphatic carbocycles. The molecule has 0 saturated carbocycles. The van der Waals surface area contributed by atoms with Crippen LogP contribution < -0.4 is 0 Å². The van der Waals surface area contributed by atoms with Crippen molar-refractivity contribution in [2.24, 2.45) is 0 Å². The van der Waals surface area contributed by atoms with Crippen molar-refractivity contribution in [1.29, 1.82) is 5.26 Å². The van der Waals surface area contributed by atoms with Crippen molar-refractivity contribution < 1.29 is 14.3 Å². The van der Waals surface area contributed by atoms with Gasteiger partial charge in [-0.25, -0.2) is 9.18 Å². The van der Waals surface area contributed by atoms with Gasteiger partial charge in [-0.2, -0.15) is 5.26 Å². The van der Waals surface area contributed by atoms with Crippen molar-refractivity contribution in [3.63, 3.8) is 0 Å². The fourth-order valence-corrected chi connectivity index (χ4v) is 2.05. The average molecular weight is 276 g/mol. The van der Waals surface area contributed by atoms with E-state index in [1.54, 1.807) is 6.07 Å². The highest BCUT2D eigenvalue weighted by atomic mass is 35.5. The van der Waals surface area contributed by atoms with Crippen LogP contribution in [-0.4, -0.2) is 11.1 Å². The van der Waals surface area contributed by atoms with E-state index in [1.165, 1.54) is 36.4 Å². The van der Waals surface area contributed by atoms with Gasteiger partial charge in [-0.05, 0) is 12.1 Å². The number of carboxylic acids is 1. The zero-order valence-electron chi connectivity index (χ0n) is 9.52. The normalized spacial score (nSPS) is 9.95. The van der Waals surface area contributed by atoms with Crippen molar-refractivity contribution in [3.8, 4) is 17.2 Å². The van der Waals surface area contributed by atoms with Crippen LogP contribution in [-0.2, 0) is 0 Å². The smallest absolute Gasteiger partial charge is 0.337 e. The Morgan fingerprint density at radius 3 is 2.47 bits per heavy atom. The highest BCUT2D eigenvalue weighted by Crippen LogP contribution is 2.31. The van der Waals surface area contributed by atoms with Crippen molar-refractivity contribution in [2.75, 3.05) is 0 Å². The summed E-state index contributed by atoms with van der Waals surface area (Å²) in [5.74, 6) is -2.00. The van der Waals surface area contributed by atoms with Gasteiger partial charge in [-0.15, -0.1) is 0 Å². The second-order valence-electron chi connectivity index (χ2n) is 3.75. The number of halogens is 2. The molecule has 0 saturated heterocycles. The van der Waals surface area contributed by atoms with E-state index in [2.05, 4.69) is 0 Å². The Labute approximate surface area is 113 Å². The second kappa shape index (κ2) is 5.09. The second-order valence-corrected chi connectivity index (χ2v) is 4.15. The molecule has 2 aromatic carbocycles. The first-order chi connectivity index (χ1) is 9.06. The summed E-state index contributed by atoms with van der Waals surface area (Å²) >= 11 is 5.83. The standard InChI is InChI=1S/C14H7ClFNO2/c15-11-6-2-4-9(12(11)14(18)19)10-5-1-3-8(7-17)13(10)16/h1-6H,(H,18,19). The lowest BCUT2D eigenvalue weighted by Crippen LogP contribution is -2.02. The lowest BCUT2D eigenvalue weighted by Gasteiger charge is -2.09. The molecule has 0 unspecified atom stereocenters. The molecule has 0 aliphatic heterocycles. The van der Waals surface area contributed by atoms with Gasteiger partial charge in [0.1, 0.15) is 11.9 Å². The van der Waals surface area contributed by atoms with Crippen LogP contribution in [0.15, 0.2) is 36.4 Å². The largest absolute Gasteiger partial charge is 0.478 e. The predicted octanol–water partition coefficient (Wildman–Crippen LogP) is 3.72. The third kappa shape index (κ3) is 2.28. The molecular weight excluding hydrogens is 269 g/mol. The number of hydrogen-bond donors (Lipinski definition) is 1. The molecule has 2 aromatic rings. The Kier molecular flexibility index (Phi) is 3.50. The molecule has 1 N–H and O–H groups in total. The highest BCUT2D eigenvalue weighted by Gasteiger charge is 2.19. The monoisotopic (exact) mass is 275 g/mol. The Balaban J connectivity index is 2.77. The third-order valence-electron chi connectivity index (χ3n) is 2.64. The van der Waals surface area contributed by atoms with Gasteiger partial charge in [-0.3, -0.25) is 0 Å². The SMILES string of the molecule is N#Cc1cccc(-c2cccc(Cl)c2C(=O)O)c1F. The van der Waals surface area contributed by atoms with Crippen LogP contribution in [0.4, 0.5) is 4.39 Å². The number of aromatic carboxylic acids is 1. The number of carboxylic acid groups (broad SMARTS) is 1. The van der Waals surface area contributed by atoms with Crippen molar-refractivity contribution in [2.45, 2.75) is 0 Å². The number of rotatable bonds is 2. The summed E-state index contributed by atoms with van der Waals surface area (Å²) in [5.41, 5.74) is -0.138. The Morgan fingerprint density at radius 1 is 1.21 bits per heavy atom. The zero-order chi connectivity index (χ0) is 14.0. The minimum absolute atomic E-state index is 0.0201. The molecule has 0 heterocycles. The summed E-state index contributed by atoms with van der Waals surface area (Å²) in [5, 5.41) is 18.0. The lowest BCUT2D eigenvalue weighted by atomic mass is 9.97. The highest BCUT2D eigenvalue weighted by molar-refractivity contribution is 6.34. The topological polar surface area (TPSA) is 61.1 Å². The van der Waals surface area contributed by atoms with E-state index in [0.29, 0.717) is 0 Å². The molecule has 0 aliphatic rings. The summed E-state index contributed by atoms with van der Waals surface area (Å²) in [6.45, 7) is 0. The molecule has 5 heteroatoms. The first-order valence-corrected chi connectivity index (χ1v) is 5.65. The molecule has 0 spiro atoms. The van der Waals surface area contributed by atoms with Crippen LogP contribution >= 0.6 is 11.6 Å². The summed E-state index contributed by atoms with van der Waals surface area (Å²) in [7, 11) is 0. The summed E-state index contributed by atoms with van der Waals surface area (Å²) in [6.07, 6.45) is 0. The first kappa shape index (κ1) is 13.1. The van der Waals surface area contributed by atoms with Crippen LogP contribution in [0.25, 0.3) is 11.1 Å². The van der Waals surface area contributed by atoms with Gasteiger partial charge in [-0.1, -0.05) is 35.9 Å². The molecule has 2 rings (SSSR count). The minimum Gasteiger partial charge on any atom is -0.478 e. The van der Waals surface area contributed by atoms with E-state index < -0.39 is 11.8 Å². The van der Waals surface area contributed by atoms with Crippen molar-refractivity contribution >= 4 is 17.6 Å². The molecule has 0 aromatic heterocycles. The molecule has 0 amide bonds. The number of carbonyl (C=O) groups is 1. The maximum atomic E-state index is 14.1. The number of nitrogens with zero attached hydrogens (tertiary/aromatic N) is 1. The van der Waals surface area contributed by atoms with E-state index in [4.69, 9.17) is 22.0 Å². The van der Waals surface area contributed by atoms with E-state index >= 15 is 0 Å².